The van der Waals surface area contributed by atoms with Crippen molar-refractivity contribution in [2.24, 2.45) is 0 Å². The number of aromatic nitrogens is 3. The molecule has 1 aromatic rings. The third-order valence-electron chi connectivity index (χ3n) is 1.67. The van der Waals surface area contributed by atoms with Gasteiger partial charge >= 0.3 is 10.2 Å². The van der Waals surface area contributed by atoms with Crippen LogP contribution >= 0.6 is 0 Å². The Kier molecular flexibility index (Phi) is 2.76. The van der Waals surface area contributed by atoms with Crippen LogP contribution in [-0.4, -0.2) is 41.7 Å². The molecule has 0 saturated heterocycles. The first kappa shape index (κ1) is 10.9. The molecule has 14 heavy (non-hydrogen) atoms. The van der Waals surface area contributed by atoms with Gasteiger partial charge in [-0.3, -0.25) is 0 Å². The monoisotopic (exact) mass is 219 g/mol. The van der Waals surface area contributed by atoms with Gasteiger partial charge in [0, 0.05) is 14.1 Å². The topological polar surface area (TPSA) is 80.1 Å². The number of nitrogens with one attached hydrogen (secondary N) is 1. The Bertz CT molecular complexity index is 402. The van der Waals surface area contributed by atoms with E-state index in [1.165, 1.54) is 18.8 Å². The fourth-order valence-corrected chi connectivity index (χ4v) is 1.46. The van der Waals surface area contributed by atoms with Gasteiger partial charge < -0.3 is 0 Å². The highest BCUT2D eigenvalue weighted by atomic mass is 32.2. The Morgan fingerprint density at radius 3 is 2.00 bits per heavy atom. The zero-order valence-electron chi connectivity index (χ0n) is 8.51. The summed E-state index contributed by atoms with van der Waals surface area (Å²) in [5, 5.41) is 7.45. The zero-order chi connectivity index (χ0) is 10.9. The van der Waals surface area contributed by atoms with Crippen LogP contribution in [0.1, 0.15) is 11.6 Å². The van der Waals surface area contributed by atoms with Crippen LogP contribution in [0, 0.1) is 13.8 Å². The summed E-state index contributed by atoms with van der Waals surface area (Å²) in [4.78, 5) is 2.32. The van der Waals surface area contributed by atoms with E-state index in [-0.39, 0.29) is 0 Å². The predicted octanol–water partition coefficient (Wildman–Crippen LogP) is -0.755. The van der Waals surface area contributed by atoms with E-state index >= 15 is 0 Å². The SMILES string of the molecule is Cc1nnc(C)n1NS(=O)(=O)N(C)C. The lowest BCUT2D eigenvalue weighted by Gasteiger charge is -2.14. The molecule has 1 N–H and O–H groups in total. The number of rotatable bonds is 3. The van der Waals surface area contributed by atoms with Crippen molar-refractivity contribution in [1.82, 2.24) is 19.2 Å². The number of aryl methyl sites for hydroxylation is 2. The Labute approximate surface area is 82.9 Å². The van der Waals surface area contributed by atoms with E-state index in [0.29, 0.717) is 11.6 Å². The lowest BCUT2D eigenvalue weighted by Crippen LogP contribution is -2.35. The van der Waals surface area contributed by atoms with Crippen molar-refractivity contribution in [3.63, 3.8) is 0 Å². The van der Waals surface area contributed by atoms with Gasteiger partial charge in [0.1, 0.15) is 11.6 Å². The van der Waals surface area contributed by atoms with Gasteiger partial charge in [-0.25, -0.2) is 9.51 Å². The summed E-state index contributed by atoms with van der Waals surface area (Å²) in [5.74, 6) is 0.987. The second-order valence-corrected chi connectivity index (χ2v) is 4.87. The lowest BCUT2D eigenvalue weighted by atomic mass is 10.7. The molecule has 0 atom stereocenters. The van der Waals surface area contributed by atoms with E-state index in [2.05, 4.69) is 15.0 Å². The van der Waals surface area contributed by atoms with Gasteiger partial charge in [-0.2, -0.15) is 12.7 Å². The first-order chi connectivity index (χ1) is 6.34. The molecule has 0 saturated carbocycles. The highest BCUT2D eigenvalue weighted by molar-refractivity contribution is 7.89. The van der Waals surface area contributed by atoms with Gasteiger partial charge in [-0.1, -0.05) is 0 Å². The Morgan fingerprint density at radius 1 is 1.21 bits per heavy atom. The minimum absolute atomic E-state index is 0.493. The molecule has 0 unspecified atom stereocenters. The smallest absolute Gasteiger partial charge is 0.214 e. The quantitative estimate of drug-likeness (QED) is 0.725. The number of hydrogen-bond donors (Lipinski definition) is 1. The van der Waals surface area contributed by atoms with E-state index < -0.39 is 10.2 Å². The van der Waals surface area contributed by atoms with Gasteiger partial charge in [0.05, 0.1) is 0 Å². The third-order valence-corrected chi connectivity index (χ3v) is 3.05. The summed E-state index contributed by atoms with van der Waals surface area (Å²) in [6, 6.07) is 0. The average Bonchev–Trinajstić information content (AvgIpc) is 2.35. The van der Waals surface area contributed by atoms with Crippen LogP contribution in [0.3, 0.4) is 0 Å². The first-order valence-electron chi connectivity index (χ1n) is 3.93. The van der Waals surface area contributed by atoms with Crippen molar-refractivity contribution in [1.29, 1.82) is 0 Å². The summed E-state index contributed by atoms with van der Waals surface area (Å²) in [5.41, 5.74) is 0. The highest BCUT2D eigenvalue weighted by Gasteiger charge is 2.15. The highest BCUT2D eigenvalue weighted by Crippen LogP contribution is 1.99. The minimum atomic E-state index is -3.50. The molecule has 7 nitrogen and oxygen atoms in total. The minimum Gasteiger partial charge on any atom is -0.214 e. The lowest BCUT2D eigenvalue weighted by molar-refractivity contribution is 0.519. The summed E-state index contributed by atoms with van der Waals surface area (Å²) in [6.45, 7) is 3.33. The molecular weight excluding hydrogens is 206 g/mol. The van der Waals surface area contributed by atoms with E-state index in [1.807, 2.05) is 0 Å². The molecule has 0 radical (unpaired) electrons. The average molecular weight is 219 g/mol. The second-order valence-electron chi connectivity index (χ2n) is 3.01. The maximum absolute atomic E-state index is 11.4. The van der Waals surface area contributed by atoms with Crippen LogP contribution in [0.2, 0.25) is 0 Å². The van der Waals surface area contributed by atoms with E-state index in [0.717, 1.165) is 4.31 Å². The van der Waals surface area contributed by atoms with Crippen LogP contribution in [-0.2, 0) is 10.2 Å². The van der Waals surface area contributed by atoms with E-state index in [1.54, 1.807) is 13.8 Å². The third kappa shape index (κ3) is 2.02. The standard InChI is InChI=1S/C6H13N5O2S/c1-5-7-8-6(2)11(5)9-14(12,13)10(3)4/h9H,1-4H3. The molecule has 1 rings (SSSR count). The maximum atomic E-state index is 11.4. The van der Waals surface area contributed by atoms with Crippen LogP contribution in [0.4, 0.5) is 0 Å². The molecular formula is C6H13N5O2S. The molecule has 0 aromatic carbocycles. The Hall–Kier alpha value is -1.15. The molecule has 1 heterocycles. The Balaban J connectivity index is 3.01. The van der Waals surface area contributed by atoms with Gasteiger partial charge in [0.25, 0.3) is 0 Å². The molecule has 1 aromatic heterocycles. The first-order valence-corrected chi connectivity index (χ1v) is 5.37. The van der Waals surface area contributed by atoms with E-state index in [9.17, 15) is 8.42 Å². The van der Waals surface area contributed by atoms with Crippen LogP contribution in [0.15, 0.2) is 0 Å². The molecule has 0 aliphatic rings. The Morgan fingerprint density at radius 2 is 1.64 bits per heavy atom. The fourth-order valence-electron chi connectivity index (χ4n) is 0.797. The summed E-state index contributed by atoms with van der Waals surface area (Å²) in [7, 11) is -0.616. The van der Waals surface area contributed by atoms with Crippen molar-refractivity contribution in [3.8, 4) is 0 Å². The van der Waals surface area contributed by atoms with Gasteiger partial charge in [0.2, 0.25) is 0 Å². The van der Waals surface area contributed by atoms with Crippen LogP contribution < -0.4 is 4.83 Å². The second kappa shape index (κ2) is 3.54. The normalized spacial score (nSPS) is 12.1. The summed E-state index contributed by atoms with van der Waals surface area (Å²) in [6.07, 6.45) is 0. The van der Waals surface area contributed by atoms with Crippen LogP contribution in [0.25, 0.3) is 0 Å². The molecule has 0 aliphatic heterocycles. The maximum Gasteiger partial charge on any atom is 0.314 e. The van der Waals surface area contributed by atoms with E-state index in [4.69, 9.17) is 0 Å². The largest absolute Gasteiger partial charge is 0.314 e. The van der Waals surface area contributed by atoms with Crippen molar-refractivity contribution in [3.05, 3.63) is 11.6 Å². The van der Waals surface area contributed by atoms with Gasteiger partial charge in [-0.05, 0) is 13.8 Å². The van der Waals surface area contributed by atoms with Crippen LogP contribution in [0.5, 0.6) is 0 Å². The van der Waals surface area contributed by atoms with Crippen molar-refractivity contribution in [2.75, 3.05) is 18.9 Å². The molecule has 0 aliphatic carbocycles. The zero-order valence-corrected chi connectivity index (χ0v) is 9.33. The summed E-state index contributed by atoms with van der Waals surface area (Å²) < 4.78 is 25.3. The number of hydrogen-bond acceptors (Lipinski definition) is 4. The number of nitrogens with zero attached hydrogens (tertiary/aromatic N) is 4. The van der Waals surface area contributed by atoms with Gasteiger partial charge in [-0.15, -0.1) is 10.2 Å². The molecule has 8 heteroatoms. The van der Waals surface area contributed by atoms with Gasteiger partial charge in [0.15, 0.2) is 0 Å². The predicted molar refractivity (Wildman–Crippen MR) is 51.5 cm³/mol. The summed E-state index contributed by atoms with van der Waals surface area (Å²) >= 11 is 0. The molecule has 0 spiro atoms. The molecule has 0 fully saturated rings. The molecule has 80 valence electrons. The van der Waals surface area contributed by atoms with Crippen molar-refractivity contribution >= 4 is 10.2 Å². The molecule has 0 amide bonds. The van der Waals surface area contributed by atoms with Crippen molar-refractivity contribution < 1.29 is 8.42 Å². The van der Waals surface area contributed by atoms with Crippen molar-refractivity contribution in [2.45, 2.75) is 13.8 Å². The molecule has 0 bridgehead atoms. The fraction of sp³-hybridized carbons (Fsp3) is 0.667.